The molecule has 0 radical (unpaired) electrons. The van der Waals surface area contributed by atoms with Crippen molar-refractivity contribution in [3.63, 3.8) is 0 Å². The summed E-state index contributed by atoms with van der Waals surface area (Å²) >= 11 is 1.57. The van der Waals surface area contributed by atoms with E-state index < -0.39 is 0 Å². The molecule has 0 bridgehead atoms. The maximum atomic E-state index is 11.5. The predicted octanol–water partition coefficient (Wildman–Crippen LogP) is 1.40. The Morgan fingerprint density at radius 2 is 2.59 bits per heavy atom. The molecule has 0 aliphatic carbocycles. The lowest BCUT2D eigenvalue weighted by Crippen LogP contribution is -2.23. The van der Waals surface area contributed by atoms with Crippen molar-refractivity contribution in [1.82, 2.24) is 15.0 Å². The lowest BCUT2D eigenvalue weighted by Gasteiger charge is -2.02. The fourth-order valence-electron chi connectivity index (χ4n) is 1.29. The molecule has 2 aromatic rings. The van der Waals surface area contributed by atoms with Gasteiger partial charge < -0.3 is 4.57 Å². The number of thiophene rings is 1. The molecule has 0 aliphatic heterocycles. The van der Waals surface area contributed by atoms with E-state index in [0.717, 1.165) is 10.7 Å². The van der Waals surface area contributed by atoms with Crippen molar-refractivity contribution in [2.45, 2.75) is 13.5 Å². The maximum absolute atomic E-state index is 11.5. The molecule has 1 N–H and O–H groups in total. The molecule has 0 saturated heterocycles. The number of hydrogen-bond donors (Lipinski definition) is 1. The first-order valence-corrected chi connectivity index (χ1v) is 5.97. The van der Waals surface area contributed by atoms with E-state index in [9.17, 15) is 4.79 Å². The largest absolute Gasteiger partial charge is 0.326 e. The van der Waals surface area contributed by atoms with Gasteiger partial charge in [-0.25, -0.2) is 10.4 Å². The number of carbonyl (C=O) groups excluding carboxylic acids is 1. The van der Waals surface area contributed by atoms with Gasteiger partial charge in [-0.15, -0.1) is 11.3 Å². The summed E-state index contributed by atoms with van der Waals surface area (Å²) < 4.78 is 1.76. The molecular formula is C11H12N4OS. The van der Waals surface area contributed by atoms with Crippen LogP contribution in [0.5, 0.6) is 0 Å². The van der Waals surface area contributed by atoms with Crippen molar-refractivity contribution in [2.24, 2.45) is 5.10 Å². The molecule has 5 nitrogen and oxygen atoms in total. The molecule has 0 saturated carbocycles. The third-order valence-electron chi connectivity index (χ3n) is 2.16. The maximum Gasteiger partial charge on any atom is 0.260 e. The first-order valence-electron chi connectivity index (χ1n) is 5.09. The monoisotopic (exact) mass is 248 g/mol. The van der Waals surface area contributed by atoms with E-state index >= 15 is 0 Å². The Labute approximate surface area is 103 Å². The minimum Gasteiger partial charge on any atom is -0.326 e. The number of imidazole rings is 1. The SMILES string of the molecule is Cc1nccn1CC(=O)N/N=C/c1cccs1. The Hall–Kier alpha value is -1.95. The second-order valence-electron chi connectivity index (χ2n) is 3.41. The zero-order valence-corrected chi connectivity index (χ0v) is 10.1. The van der Waals surface area contributed by atoms with Crippen LogP contribution in [0.25, 0.3) is 0 Å². The molecule has 0 atom stereocenters. The highest BCUT2D eigenvalue weighted by Gasteiger charge is 2.02. The van der Waals surface area contributed by atoms with Gasteiger partial charge in [-0.1, -0.05) is 6.07 Å². The van der Waals surface area contributed by atoms with Crippen LogP contribution < -0.4 is 5.43 Å². The summed E-state index contributed by atoms with van der Waals surface area (Å²) in [5.41, 5.74) is 2.48. The number of carbonyl (C=O) groups is 1. The third kappa shape index (κ3) is 3.25. The van der Waals surface area contributed by atoms with Crippen molar-refractivity contribution >= 4 is 23.5 Å². The normalized spacial score (nSPS) is 10.9. The van der Waals surface area contributed by atoms with E-state index in [4.69, 9.17) is 0 Å². The molecule has 6 heteroatoms. The average Bonchev–Trinajstić information content (AvgIpc) is 2.92. The van der Waals surface area contributed by atoms with E-state index in [1.54, 1.807) is 34.5 Å². The molecule has 17 heavy (non-hydrogen) atoms. The second-order valence-corrected chi connectivity index (χ2v) is 4.39. The van der Waals surface area contributed by atoms with E-state index in [1.807, 2.05) is 24.4 Å². The van der Waals surface area contributed by atoms with Gasteiger partial charge in [0.15, 0.2) is 0 Å². The topological polar surface area (TPSA) is 59.3 Å². The summed E-state index contributed by atoms with van der Waals surface area (Å²) in [7, 11) is 0. The molecule has 2 heterocycles. The van der Waals surface area contributed by atoms with Gasteiger partial charge in [-0.05, 0) is 18.4 Å². The third-order valence-corrected chi connectivity index (χ3v) is 2.97. The lowest BCUT2D eigenvalue weighted by atomic mass is 10.5. The van der Waals surface area contributed by atoms with Crippen LogP contribution in [-0.4, -0.2) is 21.7 Å². The number of aryl methyl sites for hydroxylation is 1. The number of rotatable bonds is 4. The second kappa shape index (κ2) is 5.40. The number of aromatic nitrogens is 2. The van der Waals surface area contributed by atoms with Crippen LogP contribution in [0.4, 0.5) is 0 Å². The van der Waals surface area contributed by atoms with Crippen LogP contribution in [0.2, 0.25) is 0 Å². The van der Waals surface area contributed by atoms with E-state index in [-0.39, 0.29) is 12.5 Å². The Kier molecular flexibility index (Phi) is 3.66. The van der Waals surface area contributed by atoms with Crippen LogP contribution in [-0.2, 0) is 11.3 Å². The summed E-state index contributed by atoms with van der Waals surface area (Å²) in [4.78, 5) is 16.6. The van der Waals surface area contributed by atoms with Gasteiger partial charge in [0, 0.05) is 17.3 Å². The van der Waals surface area contributed by atoms with E-state index in [2.05, 4.69) is 15.5 Å². The predicted molar refractivity (Wildman–Crippen MR) is 67.0 cm³/mol. The minimum absolute atomic E-state index is 0.168. The molecule has 0 aromatic carbocycles. The van der Waals surface area contributed by atoms with Gasteiger partial charge in [-0.2, -0.15) is 5.10 Å². The van der Waals surface area contributed by atoms with Gasteiger partial charge in [-0.3, -0.25) is 4.79 Å². The Morgan fingerprint density at radius 1 is 1.71 bits per heavy atom. The van der Waals surface area contributed by atoms with Crippen molar-refractivity contribution in [3.8, 4) is 0 Å². The Balaban J connectivity index is 1.84. The number of amides is 1. The highest BCUT2D eigenvalue weighted by molar-refractivity contribution is 7.11. The van der Waals surface area contributed by atoms with Gasteiger partial charge in [0.05, 0.1) is 6.21 Å². The average molecular weight is 248 g/mol. The van der Waals surface area contributed by atoms with Crippen molar-refractivity contribution in [3.05, 3.63) is 40.6 Å². The number of hydrazone groups is 1. The first-order chi connectivity index (χ1) is 8.25. The number of nitrogens with one attached hydrogen (secondary N) is 1. The molecule has 0 aliphatic rings. The molecule has 2 rings (SSSR count). The summed E-state index contributed by atoms with van der Waals surface area (Å²) in [6, 6.07) is 3.86. The summed E-state index contributed by atoms with van der Waals surface area (Å²) in [5, 5.41) is 5.83. The van der Waals surface area contributed by atoms with Gasteiger partial charge in [0.25, 0.3) is 5.91 Å². The van der Waals surface area contributed by atoms with Gasteiger partial charge in [0.1, 0.15) is 12.4 Å². The first kappa shape index (κ1) is 11.5. The van der Waals surface area contributed by atoms with Crippen LogP contribution in [0.3, 0.4) is 0 Å². The van der Waals surface area contributed by atoms with Crippen molar-refractivity contribution in [2.75, 3.05) is 0 Å². The fraction of sp³-hybridized carbons (Fsp3) is 0.182. The van der Waals surface area contributed by atoms with Crippen LogP contribution in [0.1, 0.15) is 10.7 Å². The van der Waals surface area contributed by atoms with Crippen molar-refractivity contribution in [1.29, 1.82) is 0 Å². The summed E-state index contributed by atoms with van der Waals surface area (Å²) in [5.74, 6) is 0.640. The molecular weight excluding hydrogens is 236 g/mol. The zero-order valence-electron chi connectivity index (χ0n) is 9.33. The molecule has 1 amide bonds. The lowest BCUT2D eigenvalue weighted by molar-refractivity contribution is -0.121. The fourth-order valence-corrected chi connectivity index (χ4v) is 1.88. The molecule has 0 unspecified atom stereocenters. The highest BCUT2D eigenvalue weighted by atomic mass is 32.1. The summed E-state index contributed by atoms with van der Waals surface area (Å²) in [6.07, 6.45) is 5.05. The molecule has 88 valence electrons. The minimum atomic E-state index is -0.168. The molecule has 0 spiro atoms. The quantitative estimate of drug-likeness (QED) is 0.657. The van der Waals surface area contributed by atoms with E-state index in [0.29, 0.717) is 0 Å². The highest BCUT2D eigenvalue weighted by Crippen LogP contribution is 2.04. The Bertz CT molecular complexity index is 515. The number of nitrogens with zero attached hydrogens (tertiary/aromatic N) is 3. The molecule has 0 fully saturated rings. The van der Waals surface area contributed by atoms with Crippen LogP contribution in [0, 0.1) is 6.92 Å². The zero-order chi connectivity index (χ0) is 12.1. The van der Waals surface area contributed by atoms with Crippen molar-refractivity contribution < 1.29 is 4.79 Å². The smallest absolute Gasteiger partial charge is 0.260 e. The van der Waals surface area contributed by atoms with Gasteiger partial charge >= 0.3 is 0 Å². The van der Waals surface area contributed by atoms with Crippen LogP contribution in [0.15, 0.2) is 35.0 Å². The van der Waals surface area contributed by atoms with Gasteiger partial charge in [0.2, 0.25) is 0 Å². The summed E-state index contributed by atoms with van der Waals surface area (Å²) in [6.45, 7) is 2.08. The van der Waals surface area contributed by atoms with E-state index in [1.165, 1.54) is 0 Å². The van der Waals surface area contributed by atoms with Crippen LogP contribution >= 0.6 is 11.3 Å². The standard InChI is InChI=1S/C11H12N4OS/c1-9-12-4-5-15(9)8-11(16)14-13-7-10-3-2-6-17-10/h2-7H,8H2,1H3,(H,14,16)/b13-7+. The number of hydrogen-bond acceptors (Lipinski definition) is 4. The Morgan fingerprint density at radius 3 is 3.24 bits per heavy atom. The molecule has 2 aromatic heterocycles.